The van der Waals surface area contributed by atoms with Gasteiger partial charge in [0.25, 0.3) is 0 Å². The van der Waals surface area contributed by atoms with Crippen LogP contribution in [0.1, 0.15) is 136 Å². The molecule has 0 amide bonds. The van der Waals surface area contributed by atoms with E-state index in [9.17, 15) is 0 Å². The molecular weight excluding hydrogens is 1280 g/mol. The summed E-state index contributed by atoms with van der Waals surface area (Å²) in [6.45, 7) is 9.43. The Morgan fingerprint density at radius 1 is 0.217 bits per heavy atom. The van der Waals surface area contributed by atoms with Gasteiger partial charge in [-0.1, -0.05) is 228 Å². The third-order valence-electron chi connectivity index (χ3n) is 30.0. The van der Waals surface area contributed by atoms with Crippen molar-refractivity contribution in [1.29, 1.82) is 0 Å². The lowest BCUT2D eigenvalue weighted by Gasteiger charge is -2.61. The Kier molecular flexibility index (Phi) is 12.4. The summed E-state index contributed by atoms with van der Waals surface area (Å²) in [5.74, 6) is 6.88. The van der Waals surface area contributed by atoms with Gasteiger partial charge in [-0.2, -0.15) is 0 Å². The molecule has 12 aliphatic carbocycles. The predicted molar refractivity (Wildman–Crippen MR) is 440 cm³/mol. The molecule has 2 heterocycles. The van der Waals surface area contributed by atoms with Crippen molar-refractivity contribution in [3.63, 3.8) is 0 Å². The van der Waals surface area contributed by atoms with Crippen molar-refractivity contribution in [3.8, 4) is 89.3 Å². The van der Waals surface area contributed by atoms with Crippen LogP contribution in [0.25, 0.3) is 133 Å². The van der Waals surface area contributed by atoms with Gasteiger partial charge in [0, 0.05) is 54.6 Å². The van der Waals surface area contributed by atoms with Gasteiger partial charge in [-0.3, -0.25) is 0 Å². The van der Waals surface area contributed by atoms with Crippen molar-refractivity contribution in [2.75, 3.05) is 0 Å². The maximum absolute atomic E-state index is 2.64. The first kappa shape index (κ1) is 60.7. The van der Waals surface area contributed by atoms with E-state index >= 15 is 0 Å². The van der Waals surface area contributed by atoms with Crippen molar-refractivity contribution >= 4 is 43.6 Å². The van der Waals surface area contributed by atoms with Crippen LogP contribution in [0, 0.1) is 47.3 Å². The van der Waals surface area contributed by atoms with E-state index in [0.717, 1.165) is 47.3 Å². The second-order valence-electron chi connectivity index (χ2n) is 35.5. The molecule has 15 aromatic rings. The molecule has 2 aromatic heterocycles. The standard InChI is InChI=1S/C55H45N.C49H41N/c1-54(2)48-12-6-3-10-43(48)46-30-36(18-23-49(46)54)37-19-24-53-47(31-37)45-11-5-8-14-52(45)56(53)41-20-15-35(16-21-41)38-17-22-44-42-9-4-7-13-50(42)55(51(44)32-38)39-26-33-25-34(28-39)29-40(55)27-33;1-48(2)42-12-6-3-10-37(42)40-26-31(15-19-43(40)48)32-16-20-47-41(27-32)39-11-5-8-14-46(39)50(47)35-17-18-38-36-9-4-7-13-44(36)49(45(38)28-35)33-22-29-21-30(24-33)25-34(49)23-29/h3-24,30-34,39-40H,25-29H2,1-2H3;3-20,26-30,33-34H,21-25H2,1-2H3. The molecule has 2 nitrogen and oxygen atoms in total. The lowest BCUT2D eigenvalue weighted by Crippen LogP contribution is -2.55. The Balaban J connectivity index is 0.000000126. The van der Waals surface area contributed by atoms with Gasteiger partial charge in [-0.25, -0.2) is 0 Å². The molecule has 8 bridgehead atoms. The molecule has 0 N–H and O–H groups in total. The summed E-state index contributed by atoms with van der Waals surface area (Å²) in [6.07, 6.45) is 14.3. The van der Waals surface area contributed by atoms with Crippen LogP contribution < -0.4 is 0 Å². The van der Waals surface area contributed by atoms with Crippen molar-refractivity contribution in [3.05, 3.63) is 324 Å². The molecule has 27 rings (SSSR count). The number of hydrogen-bond acceptors (Lipinski definition) is 0. The third kappa shape index (κ3) is 8.03. The summed E-state index contributed by atoms with van der Waals surface area (Å²) in [5.41, 5.74) is 39.4. The molecule has 106 heavy (non-hydrogen) atoms. The smallest absolute Gasteiger partial charge is 0.0541 e. The summed E-state index contributed by atoms with van der Waals surface area (Å²) in [7, 11) is 0. The van der Waals surface area contributed by atoms with E-state index in [2.05, 4.69) is 316 Å². The summed E-state index contributed by atoms with van der Waals surface area (Å²) < 4.78 is 5.02. The largest absolute Gasteiger partial charge is 0.309 e. The average Bonchev–Trinajstić information content (AvgIpc) is 1.43. The van der Waals surface area contributed by atoms with E-state index in [1.165, 1.54) is 219 Å². The molecule has 0 radical (unpaired) electrons. The number of benzene rings is 13. The number of rotatable bonds is 5. The fraction of sp³-hybridized carbons (Fsp3) is 0.250. The van der Waals surface area contributed by atoms with Gasteiger partial charge in [-0.05, 0) is 313 Å². The van der Waals surface area contributed by atoms with Gasteiger partial charge < -0.3 is 9.13 Å². The summed E-state index contributed by atoms with van der Waals surface area (Å²) >= 11 is 0. The molecule has 12 aliphatic rings. The quantitative estimate of drug-likeness (QED) is 0.163. The van der Waals surface area contributed by atoms with E-state index < -0.39 is 0 Å². The van der Waals surface area contributed by atoms with Crippen LogP contribution in [0.2, 0.25) is 0 Å². The van der Waals surface area contributed by atoms with Crippen molar-refractivity contribution in [2.24, 2.45) is 47.3 Å². The highest BCUT2D eigenvalue weighted by molar-refractivity contribution is 6.12. The minimum absolute atomic E-state index is 0.0146. The van der Waals surface area contributed by atoms with E-state index in [-0.39, 0.29) is 21.7 Å². The van der Waals surface area contributed by atoms with Crippen molar-refractivity contribution in [1.82, 2.24) is 9.13 Å². The number of aromatic nitrogens is 2. The zero-order valence-electron chi connectivity index (χ0n) is 61.1. The summed E-state index contributed by atoms with van der Waals surface area (Å²) in [5, 5.41) is 5.24. The maximum atomic E-state index is 2.64. The maximum Gasteiger partial charge on any atom is 0.0541 e. The van der Waals surface area contributed by atoms with Gasteiger partial charge >= 0.3 is 0 Å². The predicted octanol–water partition coefficient (Wildman–Crippen LogP) is 26.6. The van der Waals surface area contributed by atoms with E-state index in [1.807, 2.05) is 0 Å². The molecule has 2 heteroatoms. The monoisotopic (exact) mass is 1360 g/mol. The topological polar surface area (TPSA) is 9.86 Å². The average molecular weight is 1360 g/mol. The van der Waals surface area contributed by atoms with Crippen LogP contribution in [0.4, 0.5) is 0 Å². The van der Waals surface area contributed by atoms with Crippen molar-refractivity contribution in [2.45, 2.75) is 114 Å². The fourth-order valence-electron chi connectivity index (χ4n) is 26.1. The lowest BCUT2D eigenvalue weighted by atomic mass is 9.43. The first-order valence-corrected chi connectivity index (χ1v) is 40.1. The van der Waals surface area contributed by atoms with E-state index in [4.69, 9.17) is 0 Å². The Labute approximate surface area is 622 Å². The van der Waals surface area contributed by atoms with Crippen LogP contribution in [0.5, 0.6) is 0 Å². The van der Waals surface area contributed by atoms with Crippen LogP contribution in [-0.2, 0) is 21.7 Å². The third-order valence-corrected chi connectivity index (χ3v) is 30.0. The molecule has 2 spiro atoms. The molecule has 512 valence electrons. The Morgan fingerprint density at radius 3 is 1.00 bits per heavy atom. The molecule has 8 fully saturated rings. The summed E-state index contributed by atoms with van der Waals surface area (Å²) in [6, 6.07) is 108. The van der Waals surface area contributed by atoms with Gasteiger partial charge in [0.15, 0.2) is 0 Å². The Bertz CT molecular complexity index is 6250. The van der Waals surface area contributed by atoms with Gasteiger partial charge in [0.05, 0.1) is 22.1 Å². The van der Waals surface area contributed by atoms with E-state index in [0.29, 0.717) is 0 Å². The fourth-order valence-corrected chi connectivity index (χ4v) is 26.1. The van der Waals surface area contributed by atoms with Gasteiger partial charge in [0.1, 0.15) is 0 Å². The van der Waals surface area contributed by atoms with Gasteiger partial charge in [0.2, 0.25) is 0 Å². The van der Waals surface area contributed by atoms with Crippen LogP contribution >= 0.6 is 0 Å². The molecular formula is C104H86N2. The highest BCUT2D eigenvalue weighted by Gasteiger charge is 2.63. The Morgan fingerprint density at radius 2 is 0.528 bits per heavy atom. The highest BCUT2D eigenvalue weighted by Crippen LogP contribution is 2.72. The molecule has 13 aromatic carbocycles. The molecule has 0 atom stereocenters. The number of hydrogen-bond donors (Lipinski definition) is 0. The zero-order chi connectivity index (χ0) is 69.8. The van der Waals surface area contributed by atoms with Crippen LogP contribution in [-0.4, -0.2) is 9.13 Å². The SMILES string of the molecule is CC1(C)c2ccccc2-c2cc(-c3ccc4c(c3)c3ccccc3n4-c3ccc(-c4ccc5c(c4)C4(c6ccccc6-5)C5CC6CC(C5)CC4C6)cc3)ccc21.CC1(C)c2ccccc2-c2cc(-c3ccc4c(c3)c3ccccc3n4-c3ccc4c(c3)C3(c5ccccc5-4)C4CC5CC(C4)CC3C5)ccc21. The highest BCUT2D eigenvalue weighted by atomic mass is 15.0. The summed E-state index contributed by atoms with van der Waals surface area (Å²) in [4.78, 5) is 0. The first-order chi connectivity index (χ1) is 52.0. The molecule has 0 saturated heterocycles. The normalized spacial score (nSPS) is 25.2. The van der Waals surface area contributed by atoms with Crippen LogP contribution in [0.3, 0.4) is 0 Å². The minimum Gasteiger partial charge on any atom is -0.309 e. The Hall–Kier alpha value is -10.5. The molecule has 8 saturated carbocycles. The second kappa shape index (κ2) is 21.6. The zero-order valence-corrected chi connectivity index (χ0v) is 61.1. The number of fused-ring (bicyclic) bond motifs is 18. The van der Waals surface area contributed by atoms with E-state index in [1.54, 1.807) is 22.3 Å². The molecule has 0 unspecified atom stereocenters. The number of para-hydroxylation sites is 2. The molecule has 0 aliphatic heterocycles. The minimum atomic E-state index is 0.0146. The van der Waals surface area contributed by atoms with Crippen molar-refractivity contribution < 1.29 is 0 Å². The van der Waals surface area contributed by atoms with Gasteiger partial charge in [-0.15, -0.1) is 0 Å². The lowest BCUT2D eigenvalue weighted by molar-refractivity contribution is -0.0399. The number of nitrogens with zero attached hydrogens (tertiary/aromatic N) is 2. The van der Waals surface area contributed by atoms with Crippen LogP contribution in [0.15, 0.2) is 279 Å². The first-order valence-electron chi connectivity index (χ1n) is 40.1. The second-order valence-corrected chi connectivity index (χ2v) is 35.5.